The molecule has 0 heterocycles. The van der Waals surface area contributed by atoms with Gasteiger partial charge >= 0.3 is 0 Å². The van der Waals surface area contributed by atoms with Gasteiger partial charge in [-0.2, -0.15) is 0 Å². The van der Waals surface area contributed by atoms with Crippen molar-refractivity contribution in [2.75, 3.05) is 0 Å². The van der Waals surface area contributed by atoms with Crippen molar-refractivity contribution in [2.24, 2.45) is 28.6 Å². The average Bonchev–Trinajstić information content (AvgIpc) is 2.36. The molecule has 1 N–H and O–H groups in total. The average molecular weight is 222 g/mol. The minimum Gasteiger partial charge on any atom is -0.389 e. The third kappa shape index (κ3) is 1.02. The van der Waals surface area contributed by atoms with Gasteiger partial charge in [-0.3, -0.25) is 0 Å². The molecule has 0 saturated heterocycles. The zero-order chi connectivity index (χ0) is 11.8. The van der Waals surface area contributed by atoms with Crippen LogP contribution in [0, 0.1) is 28.6 Å². The Bertz CT molecular complexity index is 321. The second-order valence-electron chi connectivity index (χ2n) is 7.78. The quantitative estimate of drug-likeness (QED) is 0.664. The van der Waals surface area contributed by atoms with Gasteiger partial charge in [0.2, 0.25) is 0 Å². The van der Waals surface area contributed by atoms with Crippen molar-refractivity contribution in [3.63, 3.8) is 0 Å². The Balaban J connectivity index is 2.11. The van der Waals surface area contributed by atoms with E-state index in [9.17, 15) is 5.11 Å². The molecular formula is C15H26O. The minimum absolute atomic E-state index is 0.192. The number of hydrogen-bond acceptors (Lipinski definition) is 1. The third-order valence-electron chi connectivity index (χ3n) is 6.54. The Hall–Kier alpha value is -0.0400. The number of rotatable bonds is 0. The highest BCUT2D eigenvalue weighted by Gasteiger charge is 2.68. The molecule has 4 bridgehead atoms. The highest BCUT2D eigenvalue weighted by molar-refractivity contribution is 5.18. The second kappa shape index (κ2) is 2.85. The van der Waals surface area contributed by atoms with Crippen LogP contribution in [0.15, 0.2) is 0 Å². The molecule has 0 aromatic rings. The third-order valence-corrected chi connectivity index (χ3v) is 6.54. The predicted octanol–water partition coefficient (Wildman–Crippen LogP) is 3.61. The molecule has 1 heteroatoms. The van der Waals surface area contributed by atoms with Gasteiger partial charge in [0.05, 0.1) is 5.60 Å². The first-order chi connectivity index (χ1) is 7.31. The summed E-state index contributed by atoms with van der Waals surface area (Å²) in [5, 5.41) is 11.3. The Kier molecular flexibility index (Phi) is 1.98. The summed E-state index contributed by atoms with van der Waals surface area (Å²) < 4.78 is 0. The molecular weight excluding hydrogens is 196 g/mol. The first kappa shape index (κ1) is 11.1. The zero-order valence-corrected chi connectivity index (χ0v) is 11.2. The Morgan fingerprint density at radius 2 is 1.69 bits per heavy atom. The fraction of sp³-hybridized carbons (Fsp3) is 1.00. The van der Waals surface area contributed by atoms with E-state index in [1.807, 2.05) is 0 Å². The van der Waals surface area contributed by atoms with E-state index in [2.05, 4.69) is 27.7 Å². The maximum Gasteiger partial charge on any atom is 0.0757 e. The molecule has 3 aliphatic carbocycles. The molecule has 1 nitrogen and oxygen atoms in total. The summed E-state index contributed by atoms with van der Waals surface area (Å²) in [6.07, 6.45) is 6.32. The Morgan fingerprint density at radius 1 is 1.00 bits per heavy atom. The molecule has 16 heavy (non-hydrogen) atoms. The molecule has 3 saturated carbocycles. The van der Waals surface area contributed by atoms with E-state index in [1.165, 1.54) is 32.1 Å². The van der Waals surface area contributed by atoms with Crippen molar-refractivity contribution in [1.29, 1.82) is 0 Å². The van der Waals surface area contributed by atoms with Crippen LogP contribution in [-0.2, 0) is 0 Å². The van der Waals surface area contributed by atoms with E-state index < -0.39 is 0 Å². The molecule has 92 valence electrons. The highest BCUT2D eigenvalue weighted by atomic mass is 16.3. The molecule has 3 rings (SSSR count). The van der Waals surface area contributed by atoms with Crippen LogP contribution in [0.2, 0.25) is 0 Å². The summed E-state index contributed by atoms with van der Waals surface area (Å²) in [7, 11) is 0. The van der Waals surface area contributed by atoms with E-state index in [1.54, 1.807) is 0 Å². The van der Waals surface area contributed by atoms with Crippen molar-refractivity contribution < 1.29 is 5.11 Å². The van der Waals surface area contributed by atoms with Crippen molar-refractivity contribution in [3.8, 4) is 0 Å². The van der Waals surface area contributed by atoms with Crippen LogP contribution in [0.25, 0.3) is 0 Å². The number of aliphatic hydroxyl groups is 1. The van der Waals surface area contributed by atoms with Crippen LogP contribution in [0.3, 0.4) is 0 Å². The topological polar surface area (TPSA) is 20.2 Å². The van der Waals surface area contributed by atoms with Gasteiger partial charge in [-0.1, -0.05) is 27.7 Å². The lowest BCUT2D eigenvalue weighted by Gasteiger charge is -2.62. The minimum atomic E-state index is -0.342. The monoisotopic (exact) mass is 222 g/mol. The van der Waals surface area contributed by atoms with E-state index in [-0.39, 0.29) is 11.0 Å². The van der Waals surface area contributed by atoms with Gasteiger partial charge in [0, 0.05) is 0 Å². The standard InChI is InChI=1S/C15H26O/c1-10-5-6-11-12-7-8-14(4,15(10,12)16)9-13(11,2)3/h10-12,16H,5-9H2,1-4H3/t10-,11-,12+,14-,15-/m1/s1. The molecule has 0 spiro atoms. The fourth-order valence-corrected chi connectivity index (χ4v) is 5.96. The summed E-state index contributed by atoms with van der Waals surface area (Å²) in [6, 6.07) is 0. The summed E-state index contributed by atoms with van der Waals surface area (Å²) in [6.45, 7) is 9.51. The van der Waals surface area contributed by atoms with Crippen LogP contribution in [0.1, 0.15) is 59.8 Å². The van der Waals surface area contributed by atoms with Crippen LogP contribution >= 0.6 is 0 Å². The van der Waals surface area contributed by atoms with Crippen molar-refractivity contribution in [1.82, 2.24) is 0 Å². The first-order valence-electron chi connectivity index (χ1n) is 7.04. The van der Waals surface area contributed by atoms with Gasteiger partial charge in [-0.15, -0.1) is 0 Å². The van der Waals surface area contributed by atoms with Gasteiger partial charge in [-0.05, 0) is 60.7 Å². The summed E-state index contributed by atoms with van der Waals surface area (Å²) in [4.78, 5) is 0. The lowest BCUT2D eigenvalue weighted by Crippen LogP contribution is -2.63. The summed E-state index contributed by atoms with van der Waals surface area (Å²) in [5.74, 6) is 1.87. The molecule has 0 radical (unpaired) electrons. The van der Waals surface area contributed by atoms with Crippen LogP contribution in [-0.4, -0.2) is 10.7 Å². The normalized spacial score (nSPS) is 58.7. The van der Waals surface area contributed by atoms with Gasteiger partial charge in [0.25, 0.3) is 0 Å². The lowest BCUT2D eigenvalue weighted by molar-refractivity contribution is -0.216. The molecule has 5 atom stereocenters. The molecule has 0 amide bonds. The van der Waals surface area contributed by atoms with Gasteiger partial charge in [0.1, 0.15) is 0 Å². The van der Waals surface area contributed by atoms with E-state index in [0.29, 0.717) is 17.3 Å². The maximum absolute atomic E-state index is 11.3. The largest absolute Gasteiger partial charge is 0.389 e. The molecule has 3 aliphatic rings. The summed E-state index contributed by atoms with van der Waals surface area (Å²) in [5.41, 5.74) is 0.297. The van der Waals surface area contributed by atoms with Gasteiger partial charge in [0.15, 0.2) is 0 Å². The van der Waals surface area contributed by atoms with E-state index in [0.717, 1.165) is 5.92 Å². The smallest absolute Gasteiger partial charge is 0.0757 e. The maximum atomic E-state index is 11.3. The second-order valence-corrected chi connectivity index (χ2v) is 7.78. The molecule has 0 aromatic heterocycles. The Labute approximate surface area is 99.6 Å². The molecule has 3 fully saturated rings. The highest BCUT2D eigenvalue weighted by Crippen LogP contribution is 2.70. The zero-order valence-electron chi connectivity index (χ0n) is 11.2. The lowest BCUT2D eigenvalue weighted by atomic mass is 9.46. The number of hydrogen-bond donors (Lipinski definition) is 1. The molecule has 0 aliphatic heterocycles. The van der Waals surface area contributed by atoms with Gasteiger partial charge < -0.3 is 5.11 Å². The van der Waals surface area contributed by atoms with Crippen LogP contribution < -0.4 is 0 Å². The fourth-order valence-electron chi connectivity index (χ4n) is 5.96. The summed E-state index contributed by atoms with van der Waals surface area (Å²) >= 11 is 0. The Morgan fingerprint density at radius 3 is 2.38 bits per heavy atom. The van der Waals surface area contributed by atoms with Crippen molar-refractivity contribution in [3.05, 3.63) is 0 Å². The van der Waals surface area contributed by atoms with Crippen molar-refractivity contribution >= 4 is 0 Å². The van der Waals surface area contributed by atoms with Crippen LogP contribution in [0.5, 0.6) is 0 Å². The molecule has 0 unspecified atom stereocenters. The predicted molar refractivity (Wildman–Crippen MR) is 66.1 cm³/mol. The van der Waals surface area contributed by atoms with Gasteiger partial charge in [-0.25, -0.2) is 0 Å². The SMILES string of the molecule is C[C@@H]1CC[C@@H]2[C@@H]3CC[C@](C)(CC2(C)C)[C@@]13O. The van der Waals surface area contributed by atoms with Crippen molar-refractivity contribution in [2.45, 2.75) is 65.4 Å². The van der Waals surface area contributed by atoms with E-state index >= 15 is 0 Å². The van der Waals surface area contributed by atoms with E-state index in [4.69, 9.17) is 0 Å². The first-order valence-corrected chi connectivity index (χ1v) is 7.04. The van der Waals surface area contributed by atoms with Crippen LogP contribution in [0.4, 0.5) is 0 Å². The molecule has 0 aromatic carbocycles.